The number of aromatic nitrogens is 1. The molecule has 3 heteroatoms. The van der Waals surface area contributed by atoms with Gasteiger partial charge >= 0.3 is 0 Å². The monoisotopic (exact) mass is 311 g/mol. The van der Waals surface area contributed by atoms with E-state index in [0.717, 1.165) is 25.2 Å². The van der Waals surface area contributed by atoms with Crippen LogP contribution < -0.4 is 5.73 Å². The van der Waals surface area contributed by atoms with Crippen molar-refractivity contribution in [2.75, 3.05) is 19.6 Å². The van der Waals surface area contributed by atoms with E-state index in [-0.39, 0.29) is 0 Å². The van der Waals surface area contributed by atoms with E-state index in [9.17, 15) is 0 Å². The molecular weight excluding hydrogens is 282 g/mol. The minimum absolute atomic E-state index is 0.322. The fraction of sp³-hybridized carbons (Fsp3) is 0.600. The summed E-state index contributed by atoms with van der Waals surface area (Å²) in [5, 5.41) is 1.42. The summed E-state index contributed by atoms with van der Waals surface area (Å²) >= 11 is 0. The molecule has 2 unspecified atom stereocenters. The summed E-state index contributed by atoms with van der Waals surface area (Å²) in [5.41, 5.74) is 10.6. The van der Waals surface area contributed by atoms with Gasteiger partial charge in [-0.25, -0.2) is 0 Å². The van der Waals surface area contributed by atoms with Crippen molar-refractivity contribution in [1.82, 2.24) is 9.88 Å². The van der Waals surface area contributed by atoms with E-state index >= 15 is 0 Å². The van der Waals surface area contributed by atoms with Crippen molar-refractivity contribution in [3.05, 3.63) is 35.5 Å². The van der Waals surface area contributed by atoms with Crippen LogP contribution in [0.4, 0.5) is 0 Å². The first-order chi connectivity index (χ1) is 11.3. The van der Waals surface area contributed by atoms with Crippen molar-refractivity contribution in [1.29, 1.82) is 0 Å². The Balaban J connectivity index is 1.70. The summed E-state index contributed by atoms with van der Waals surface area (Å²) in [6.07, 6.45) is 6.00. The highest BCUT2D eigenvalue weighted by Crippen LogP contribution is 2.41. The molecule has 1 aromatic heterocycles. The minimum atomic E-state index is 0.322. The number of rotatable bonds is 5. The molecule has 23 heavy (non-hydrogen) atoms. The van der Waals surface area contributed by atoms with Crippen LogP contribution in [0, 0.1) is 5.92 Å². The van der Waals surface area contributed by atoms with Crippen molar-refractivity contribution in [3.8, 4) is 0 Å². The number of H-pyrrole nitrogens is 1. The molecule has 3 N–H and O–H groups in total. The highest BCUT2D eigenvalue weighted by molar-refractivity contribution is 5.85. The molecule has 0 radical (unpaired) electrons. The van der Waals surface area contributed by atoms with Crippen molar-refractivity contribution in [2.24, 2.45) is 11.7 Å². The van der Waals surface area contributed by atoms with Gasteiger partial charge in [0.1, 0.15) is 0 Å². The van der Waals surface area contributed by atoms with Gasteiger partial charge in [0.2, 0.25) is 0 Å². The topological polar surface area (TPSA) is 45.0 Å². The fourth-order valence-electron chi connectivity index (χ4n) is 4.63. The summed E-state index contributed by atoms with van der Waals surface area (Å²) in [4.78, 5) is 6.44. The maximum atomic E-state index is 6.20. The van der Waals surface area contributed by atoms with Crippen LogP contribution >= 0.6 is 0 Å². The predicted molar refractivity (Wildman–Crippen MR) is 96.8 cm³/mol. The zero-order chi connectivity index (χ0) is 15.8. The third-order valence-corrected chi connectivity index (χ3v) is 6.16. The van der Waals surface area contributed by atoms with Crippen LogP contribution in [0.25, 0.3) is 10.9 Å². The van der Waals surface area contributed by atoms with Gasteiger partial charge < -0.3 is 15.6 Å². The molecule has 2 atom stereocenters. The average molecular weight is 311 g/mol. The largest absolute Gasteiger partial charge is 0.358 e. The van der Waals surface area contributed by atoms with Gasteiger partial charge in [0.25, 0.3) is 0 Å². The maximum Gasteiger partial charge on any atom is 0.0459 e. The Morgan fingerprint density at radius 3 is 2.74 bits per heavy atom. The molecule has 0 aliphatic carbocycles. The van der Waals surface area contributed by atoms with E-state index in [1.54, 1.807) is 5.56 Å². The van der Waals surface area contributed by atoms with Gasteiger partial charge in [0, 0.05) is 35.1 Å². The lowest BCUT2D eigenvalue weighted by Crippen LogP contribution is -2.46. The second-order valence-electron chi connectivity index (χ2n) is 7.51. The Morgan fingerprint density at radius 2 is 2.04 bits per heavy atom. The number of fused-ring (bicyclic) bond motifs is 4. The Kier molecular flexibility index (Phi) is 4.16. The summed E-state index contributed by atoms with van der Waals surface area (Å²) in [5.74, 6) is 1.56. The molecule has 1 aromatic carbocycles. The number of benzene rings is 1. The average Bonchev–Trinajstić information content (AvgIpc) is 2.99. The molecular formula is C20H29N3. The standard InChI is InChI=1S/C20H29N3/c1-2-15(21)7-8-17-16-5-3-4-6-19(16)22-20(17)18-13-23-11-9-14(18)10-12-23/h3-6,14-15,18,22H,2,7-13,21H2,1H3. The number of nitrogens with zero attached hydrogens (tertiary/aromatic N) is 1. The second-order valence-corrected chi connectivity index (χ2v) is 7.51. The van der Waals surface area contributed by atoms with E-state index in [0.29, 0.717) is 12.0 Å². The molecule has 0 spiro atoms. The molecule has 0 saturated carbocycles. The first-order valence-electron chi connectivity index (χ1n) is 9.33. The maximum absolute atomic E-state index is 6.20. The Morgan fingerprint density at radius 1 is 1.26 bits per heavy atom. The van der Waals surface area contributed by atoms with Gasteiger partial charge in [0.05, 0.1) is 0 Å². The quantitative estimate of drug-likeness (QED) is 0.885. The molecule has 5 rings (SSSR count). The summed E-state index contributed by atoms with van der Waals surface area (Å²) in [6.45, 7) is 6.04. The van der Waals surface area contributed by atoms with Crippen molar-refractivity contribution in [3.63, 3.8) is 0 Å². The highest BCUT2D eigenvalue weighted by Gasteiger charge is 2.37. The summed E-state index contributed by atoms with van der Waals surface area (Å²) < 4.78 is 0. The van der Waals surface area contributed by atoms with Crippen LogP contribution in [-0.2, 0) is 6.42 Å². The molecule has 3 nitrogen and oxygen atoms in total. The highest BCUT2D eigenvalue weighted by atomic mass is 15.1. The molecule has 2 bridgehead atoms. The number of aromatic amines is 1. The van der Waals surface area contributed by atoms with Crippen molar-refractivity contribution >= 4 is 10.9 Å². The van der Waals surface area contributed by atoms with Gasteiger partial charge in [-0.3, -0.25) is 0 Å². The fourth-order valence-corrected chi connectivity index (χ4v) is 4.63. The molecule has 4 heterocycles. The Labute approximate surface area is 139 Å². The number of hydrogen-bond donors (Lipinski definition) is 2. The summed E-state index contributed by atoms with van der Waals surface area (Å²) in [7, 11) is 0. The van der Waals surface area contributed by atoms with Crippen LogP contribution in [0.1, 0.15) is 49.8 Å². The van der Waals surface area contributed by atoms with E-state index in [1.807, 2.05) is 0 Å². The number of nitrogens with one attached hydrogen (secondary N) is 1. The van der Waals surface area contributed by atoms with Crippen LogP contribution in [0.15, 0.2) is 24.3 Å². The van der Waals surface area contributed by atoms with Crippen LogP contribution in [-0.4, -0.2) is 35.6 Å². The molecule has 124 valence electrons. The lowest BCUT2D eigenvalue weighted by atomic mass is 9.76. The van der Waals surface area contributed by atoms with Crippen LogP contribution in [0.5, 0.6) is 0 Å². The first-order valence-corrected chi connectivity index (χ1v) is 9.33. The predicted octanol–water partition coefficient (Wildman–Crippen LogP) is 3.65. The summed E-state index contributed by atoms with van der Waals surface area (Å²) in [6, 6.07) is 9.14. The van der Waals surface area contributed by atoms with Crippen molar-refractivity contribution in [2.45, 2.75) is 51.0 Å². The number of nitrogens with two attached hydrogens (primary N) is 1. The molecule has 0 amide bonds. The van der Waals surface area contributed by atoms with Gasteiger partial charge in [-0.1, -0.05) is 25.1 Å². The van der Waals surface area contributed by atoms with E-state index in [2.05, 4.69) is 41.1 Å². The van der Waals surface area contributed by atoms with E-state index in [4.69, 9.17) is 5.73 Å². The van der Waals surface area contributed by atoms with Gasteiger partial charge in [0.15, 0.2) is 0 Å². The SMILES string of the molecule is CCC(N)CCc1c(C2CN3CCC2CC3)[nH]c2ccccc12. The number of aryl methyl sites for hydroxylation is 1. The van der Waals surface area contributed by atoms with Crippen LogP contribution in [0.3, 0.4) is 0 Å². The smallest absolute Gasteiger partial charge is 0.0459 e. The van der Waals surface area contributed by atoms with Gasteiger partial charge in [-0.2, -0.15) is 0 Å². The minimum Gasteiger partial charge on any atom is -0.358 e. The molecule has 2 aromatic rings. The molecule has 3 fully saturated rings. The number of piperidine rings is 3. The Hall–Kier alpha value is -1.32. The zero-order valence-electron chi connectivity index (χ0n) is 14.2. The third-order valence-electron chi connectivity index (χ3n) is 6.16. The van der Waals surface area contributed by atoms with E-state index < -0.39 is 0 Å². The zero-order valence-corrected chi connectivity index (χ0v) is 14.2. The van der Waals surface area contributed by atoms with Crippen LogP contribution in [0.2, 0.25) is 0 Å². The van der Waals surface area contributed by atoms with Gasteiger partial charge in [-0.05, 0) is 62.7 Å². The molecule has 3 aliphatic heterocycles. The number of hydrogen-bond acceptors (Lipinski definition) is 2. The molecule has 3 aliphatic rings. The normalized spacial score (nSPS) is 28.3. The van der Waals surface area contributed by atoms with Gasteiger partial charge in [-0.15, -0.1) is 0 Å². The first kappa shape index (κ1) is 15.2. The molecule has 3 saturated heterocycles. The Bertz CT molecular complexity index is 667. The number of para-hydroxylation sites is 1. The van der Waals surface area contributed by atoms with Crippen molar-refractivity contribution < 1.29 is 0 Å². The third kappa shape index (κ3) is 2.81. The van der Waals surface area contributed by atoms with E-state index in [1.165, 1.54) is 49.1 Å². The second kappa shape index (κ2) is 6.29. The lowest BCUT2D eigenvalue weighted by Gasteiger charge is -2.45. The lowest BCUT2D eigenvalue weighted by molar-refractivity contribution is 0.0853.